The van der Waals surface area contributed by atoms with Gasteiger partial charge >= 0.3 is 0 Å². The number of benzene rings is 1. The van der Waals surface area contributed by atoms with Crippen molar-refractivity contribution in [2.45, 2.75) is 19.4 Å². The van der Waals surface area contributed by atoms with Crippen molar-refractivity contribution in [2.75, 3.05) is 38.8 Å². The molecule has 4 heteroatoms. The normalized spacial score (nSPS) is 11.9. The van der Waals surface area contributed by atoms with E-state index in [1.807, 2.05) is 36.0 Å². The van der Waals surface area contributed by atoms with E-state index in [-0.39, 0.29) is 6.61 Å². The van der Waals surface area contributed by atoms with Crippen LogP contribution in [0.1, 0.15) is 18.9 Å². The fraction of sp³-hybridized carbons (Fsp3) is 0.529. The van der Waals surface area contributed by atoms with Crippen LogP contribution in [0.25, 0.3) is 0 Å². The van der Waals surface area contributed by atoms with Gasteiger partial charge in [0, 0.05) is 30.3 Å². The summed E-state index contributed by atoms with van der Waals surface area (Å²) >= 11 is 1.87. The Labute approximate surface area is 132 Å². The molecule has 1 aromatic carbocycles. The van der Waals surface area contributed by atoms with Gasteiger partial charge < -0.3 is 9.84 Å². The number of thioether (sulfide) groups is 1. The maximum atomic E-state index is 8.68. The minimum Gasteiger partial charge on any atom is -0.492 e. The molecule has 0 fully saturated rings. The number of aliphatic hydroxyl groups is 1. The van der Waals surface area contributed by atoms with Crippen LogP contribution in [0.15, 0.2) is 24.3 Å². The lowest BCUT2D eigenvalue weighted by Crippen LogP contribution is -2.34. The average molecular weight is 307 g/mol. The van der Waals surface area contributed by atoms with Crippen LogP contribution in [0.2, 0.25) is 0 Å². The van der Waals surface area contributed by atoms with Crippen molar-refractivity contribution in [1.29, 1.82) is 0 Å². The first-order valence-electron chi connectivity index (χ1n) is 7.19. The lowest BCUT2D eigenvalue weighted by Gasteiger charge is -2.23. The minimum absolute atomic E-state index is 0.108. The molecule has 21 heavy (non-hydrogen) atoms. The first-order chi connectivity index (χ1) is 10.2. The molecule has 0 saturated carbocycles. The molecule has 1 unspecified atom stereocenters. The highest BCUT2D eigenvalue weighted by Gasteiger charge is 2.07. The van der Waals surface area contributed by atoms with E-state index in [0.29, 0.717) is 19.1 Å². The number of hydrogen-bond acceptors (Lipinski definition) is 4. The second-order valence-corrected chi connectivity index (χ2v) is 5.84. The zero-order valence-corrected chi connectivity index (χ0v) is 13.9. The van der Waals surface area contributed by atoms with Crippen molar-refractivity contribution in [1.82, 2.24) is 4.90 Å². The van der Waals surface area contributed by atoms with Crippen molar-refractivity contribution >= 4 is 11.8 Å². The lowest BCUT2D eigenvalue weighted by molar-refractivity contribution is 0.210. The lowest BCUT2D eigenvalue weighted by atomic mass is 10.2. The van der Waals surface area contributed by atoms with Gasteiger partial charge in [0.1, 0.15) is 12.4 Å². The summed E-state index contributed by atoms with van der Waals surface area (Å²) in [6, 6.07) is 8.33. The molecule has 1 rings (SSSR count). The summed E-state index contributed by atoms with van der Waals surface area (Å²) in [5.41, 5.74) is 0.946. The van der Waals surface area contributed by atoms with Crippen LogP contribution in [0.3, 0.4) is 0 Å². The van der Waals surface area contributed by atoms with Crippen LogP contribution in [0, 0.1) is 11.8 Å². The summed E-state index contributed by atoms with van der Waals surface area (Å²) < 4.78 is 5.75. The van der Waals surface area contributed by atoms with Crippen molar-refractivity contribution in [3.05, 3.63) is 29.8 Å². The number of likely N-dealkylation sites (N-methyl/N-ethyl adjacent to an activating group) is 1. The standard InChI is InChI=1S/C17H25NO2S/c1-15(14-21-3)18(2)11-13-20-17-9-7-16(8-10-17)6-4-5-12-19/h7-10,15,19H,5,11-14H2,1-3H3. The van der Waals surface area contributed by atoms with Gasteiger partial charge in [-0.25, -0.2) is 0 Å². The number of nitrogens with zero attached hydrogens (tertiary/aromatic N) is 1. The third-order valence-corrected chi connectivity index (χ3v) is 4.01. The molecule has 0 aromatic heterocycles. The smallest absolute Gasteiger partial charge is 0.119 e. The molecule has 0 aliphatic heterocycles. The third kappa shape index (κ3) is 7.42. The van der Waals surface area contributed by atoms with Gasteiger partial charge in [-0.15, -0.1) is 0 Å². The van der Waals surface area contributed by atoms with Crippen LogP contribution in [0.4, 0.5) is 0 Å². The second kappa shape index (κ2) is 10.6. The molecular formula is C17H25NO2S. The summed E-state index contributed by atoms with van der Waals surface area (Å²) in [6.07, 6.45) is 2.64. The van der Waals surface area contributed by atoms with Crippen LogP contribution < -0.4 is 4.74 Å². The molecule has 0 aliphatic rings. The van der Waals surface area contributed by atoms with Crippen LogP contribution >= 0.6 is 11.8 Å². The van der Waals surface area contributed by atoms with Crippen LogP contribution in [0.5, 0.6) is 5.75 Å². The highest BCUT2D eigenvalue weighted by Crippen LogP contribution is 2.12. The maximum absolute atomic E-state index is 8.68. The molecule has 0 spiro atoms. The van der Waals surface area contributed by atoms with Gasteiger partial charge in [0.05, 0.1) is 6.61 Å². The Kier molecular flexibility index (Phi) is 9.00. The Hall–Kier alpha value is -1.15. The molecule has 0 aliphatic carbocycles. The zero-order chi connectivity index (χ0) is 15.5. The largest absolute Gasteiger partial charge is 0.492 e. The van der Waals surface area contributed by atoms with Crippen molar-refractivity contribution in [3.8, 4) is 17.6 Å². The summed E-state index contributed by atoms with van der Waals surface area (Å²) in [5.74, 6) is 7.91. The minimum atomic E-state index is 0.108. The molecular weight excluding hydrogens is 282 g/mol. The molecule has 116 valence electrons. The highest BCUT2D eigenvalue weighted by atomic mass is 32.2. The Bertz CT molecular complexity index is 450. The van der Waals surface area contributed by atoms with E-state index in [0.717, 1.165) is 23.6 Å². The average Bonchev–Trinajstić information content (AvgIpc) is 2.49. The Morgan fingerprint density at radius 1 is 1.33 bits per heavy atom. The molecule has 0 bridgehead atoms. The van der Waals surface area contributed by atoms with E-state index >= 15 is 0 Å². The first kappa shape index (κ1) is 17.9. The number of rotatable bonds is 8. The molecule has 0 heterocycles. The number of aliphatic hydroxyl groups excluding tert-OH is 1. The molecule has 0 radical (unpaired) electrons. The SMILES string of the molecule is CSCC(C)N(C)CCOc1ccc(C#CCCO)cc1. The summed E-state index contributed by atoms with van der Waals surface area (Å²) in [7, 11) is 2.13. The molecule has 0 amide bonds. The zero-order valence-electron chi connectivity index (χ0n) is 13.1. The molecule has 0 saturated heterocycles. The van der Waals surface area contributed by atoms with Crippen LogP contribution in [-0.4, -0.2) is 54.9 Å². The predicted octanol–water partition coefficient (Wildman–Crippen LogP) is 2.48. The van der Waals surface area contributed by atoms with Gasteiger partial charge in [0.2, 0.25) is 0 Å². The van der Waals surface area contributed by atoms with E-state index in [1.54, 1.807) is 0 Å². The summed E-state index contributed by atoms with van der Waals surface area (Å²) in [4.78, 5) is 2.31. The summed E-state index contributed by atoms with van der Waals surface area (Å²) in [5, 5.41) is 8.68. The number of hydrogen-bond donors (Lipinski definition) is 1. The van der Waals surface area contributed by atoms with Gasteiger partial charge in [-0.2, -0.15) is 11.8 Å². The molecule has 3 nitrogen and oxygen atoms in total. The third-order valence-electron chi connectivity index (χ3n) is 3.20. The van der Waals surface area contributed by atoms with Crippen molar-refractivity contribution in [2.24, 2.45) is 0 Å². The monoisotopic (exact) mass is 307 g/mol. The second-order valence-electron chi connectivity index (χ2n) is 4.93. The van der Waals surface area contributed by atoms with Gasteiger partial charge in [-0.05, 0) is 44.5 Å². The van der Waals surface area contributed by atoms with Gasteiger partial charge in [0.15, 0.2) is 0 Å². The van der Waals surface area contributed by atoms with Crippen molar-refractivity contribution in [3.63, 3.8) is 0 Å². The van der Waals surface area contributed by atoms with Gasteiger partial charge in [-0.3, -0.25) is 4.90 Å². The van der Waals surface area contributed by atoms with E-state index in [2.05, 4.69) is 37.0 Å². The topological polar surface area (TPSA) is 32.7 Å². The van der Waals surface area contributed by atoms with Gasteiger partial charge in [-0.1, -0.05) is 11.8 Å². The molecule has 1 atom stereocenters. The van der Waals surface area contributed by atoms with E-state index in [9.17, 15) is 0 Å². The Morgan fingerprint density at radius 2 is 2.05 bits per heavy atom. The predicted molar refractivity (Wildman–Crippen MR) is 91.0 cm³/mol. The quantitative estimate of drug-likeness (QED) is 0.748. The van der Waals surface area contributed by atoms with E-state index in [1.165, 1.54) is 0 Å². The number of ether oxygens (including phenoxy) is 1. The maximum Gasteiger partial charge on any atom is 0.119 e. The summed E-state index contributed by atoms with van der Waals surface area (Å²) in [6.45, 7) is 3.94. The van der Waals surface area contributed by atoms with Crippen molar-refractivity contribution < 1.29 is 9.84 Å². The Balaban J connectivity index is 2.35. The fourth-order valence-corrected chi connectivity index (χ4v) is 2.49. The highest BCUT2D eigenvalue weighted by molar-refractivity contribution is 7.98. The molecule has 1 aromatic rings. The molecule has 1 N–H and O–H groups in total. The van der Waals surface area contributed by atoms with Crippen LogP contribution in [-0.2, 0) is 0 Å². The fourth-order valence-electron chi connectivity index (χ4n) is 1.75. The first-order valence-corrected chi connectivity index (χ1v) is 8.58. The Morgan fingerprint density at radius 3 is 2.67 bits per heavy atom. The van der Waals surface area contributed by atoms with E-state index < -0.39 is 0 Å². The van der Waals surface area contributed by atoms with Gasteiger partial charge in [0.25, 0.3) is 0 Å². The van der Waals surface area contributed by atoms with E-state index in [4.69, 9.17) is 9.84 Å².